The molecule has 3 heteroatoms. The Morgan fingerprint density at radius 2 is 1.65 bits per heavy atom. The van der Waals surface area contributed by atoms with Gasteiger partial charge in [0.25, 0.3) is 0 Å². The fraction of sp³-hybridized carbons (Fsp3) is 0.571. The van der Waals surface area contributed by atoms with E-state index < -0.39 is 0 Å². The van der Waals surface area contributed by atoms with Gasteiger partial charge in [0.15, 0.2) is 11.5 Å². The molecule has 0 saturated heterocycles. The first-order valence-corrected chi connectivity index (χ1v) is 12.1. The molecule has 0 aromatic heterocycles. The minimum absolute atomic E-state index is 0.537. The standard InChI is InChI=1S/C28H37NO2/c1-19-5-4-6-22(9-19)18-31-26-8-7-21(13-27(26)30-3)17-29-20(2)28-14-23-10-24(15-28)12-25(11-23)16-28/h4-9,13,20,23-25,29H,10-12,14-18H2,1-3H3. The van der Waals surface area contributed by atoms with Crippen molar-refractivity contribution in [3.05, 3.63) is 59.2 Å². The number of methoxy groups -OCH3 is 1. The molecule has 1 atom stereocenters. The van der Waals surface area contributed by atoms with E-state index in [4.69, 9.17) is 9.47 Å². The van der Waals surface area contributed by atoms with Crippen molar-refractivity contribution in [1.29, 1.82) is 0 Å². The molecule has 4 aliphatic rings. The quantitative estimate of drug-likeness (QED) is 0.546. The first kappa shape index (κ1) is 20.9. The van der Waals surface area contributed by atoms with Crippen LogP contribution in [-0.2, 0) is 13.2 Å². The average Bonchev–Trinajstić information content (AvgIpc) is 2.75. The van der Waals surface area contributed by atoms with Crippen molar-refractivity contribution < 1.29 is 9.47 Å². The predicted octanol–water partition coefficient (Wildman–Crippen LogP) is 6.28. The van der Waals surface area contributed by atoms with E-state index in [2.05, 4.69) is 61.6 Å². The van der Waals surface area contributed by atoms with Crippen molar-refractivity contribution >= 4 is 0 Å². The summed E-state index contributed by atoms with van der Waals surface area (Å²) in [6.07, 6.45) is 8.86. The number of hydrogen-bond donors (Lipinski definition) is 1. The molecule has 6 rings (SSSR count). The average molecular weight is 420 g/mol. The summed E-state index contributed by atoms with van der Waals surface area (Å²) < 4.78 is 11.7. The molecule has 166 valence electrons. The van der Waals surface area contributed by atoms with E-state index in [0.717, 1.165) is 35.8 Å². The molecule has 3 nitrogen and oxygen atoms in total. The lowest BCUT2D eigenvalue weighted by Crippen LogP contribution is -2.54. The molecule has 0 heterocycles. The number of hydrogen-bond acceptors (Lipinski definition) is 3. The van der Waals surface area contributed by atoms with Gasteiger partial charge in [-0.3, -0.25) is 0 Å². The largest absolute Gasteiger partial charge is 0.493 e. The molecule has 2 aromatic carbocycles. The predicted molar refractivity (Wildman–Crippen MR) is 125 cm³/mol. The van der Waals surface area contributed by atoms with Gasteiger partial charge in [-0.15, -0.1) is 0 Å². The van der Waals surface area contributed by atoms with Gasteiger partial charge >= 0.3 is 0 Å². The van der Waals surface area contributed by atoms with Gasteiger partial charge in [-0.25, -0.2) is 0 Å². The second-order valence-corrected chi connectivity index (χ2v) is 10.6. The number of benzene rings is 2. The van der Waals surface area contributed by atoms with E-state index in [-0.39, 0.29) is 0 Å². The summed E-state index contributed by atoms with van der Waals surface area (Å²) in [5.41, 5.74) is 4.23. The SMILES string of the molecule is COc1cc(CNC(C)C23CC4CC(CC(C4)C2)C3)ccc1OCc1cccc(C)c1. The van der Waals surface area contributed by atoms with Crippen LogP contribution in [0.25, 0.3) is 0 Å². The Labute approximate surface area is 187 Å². The van der Waals surface area contributed by atoms with E-state index in [1.165, 1.54) is 55.2 Å². The smallest absolute Gasteiger partial charge is 0.161 e. The van der Waals surface area contributed by atoms with Crippen molar-refractivity contribution in [2.24, 2.45) is 23.2 Å². The van der Waals surface area contributed by atoms with Gasteiger partial charge in [0, 0.05) is 12.6 Å². The summed E-state index contributed by atoms with van der Waals surface area (Å²) in [6.45, 7) is 5.98. The number of nitrogens with one attached hydrogen (secondary N) is 1. The Morgan fingerprint density at radius 3 is 2.29 bits per heavy atom. The third kappa shape index (κ3) is 4.35. The highest BCUT2D eigenvalue weighted by Crippen LogP contribution is 2.61. The first-order chi connectivity index (χ1) is 15.0. The molecule has 0 amide bonds. The highest BCUT2D eigenvalue weighted by atomic mass is 16.5. The van der Waals surface area contributed by atoms with E-state index in [1.807, 2.05) is 0 Å². The van der Waals surface area contributed by atoms with Crippen LogP contribution in [0.5, 0.6) is 11.5 Å². The second-order valence-electron chi connectivity index (χ2n) is 10.6. The summed E-state index contributed by atoms with van der Waals surface area (Å²) in [7, 11) is 1.73. The molecule has 0 spiro atoms. The normalized spacial score (nSPS) is 29.7. The van der Waals surface area contributed by atoms with Crippen molar-refractivity contribution in [2.45, 2.75) is 71.6 Å². The van der Waals surface area contributed by atoms with Crippen LogP contribution in [-0.4, -0.2) is 13.2 Å². The summed E-state index contributed by atoms with van der Waals surface area (Å²) in [4.78, 5) is 0. The molecule has 0 aliphatic heterocycles. The van der Waals surface area contributed by atoms with Crippen LogP contribution in [0.4, 0.5) is 0 Å². The fourth-order valence-electron chi connectivity index (χ4n) is 7.10. The molecule has 2 aromatic rings. The Kier molecular flexibility index (Phi) is 5.73. The highest BCUT2D eigenvalue weighted by Gasteiger charge is 2.52. The van der Waals surface area contributed by atoms with Crippen molar-refractivity contribution in [2.75, 3.05) is 7.11 Å². The van der Waals surface area contributed by atoms with Crippen LogP contribution in [0.15, 0.2) is 42.5 Å². The molecule has 4 fully saturated rings. The maximum absolute atomic E-state index is 6.07. The maximum atomic E-state index is 6.07. The van der Waals surface area contributed by atoms with Gasteiger partial charge in [-0.1, -0.05) is 35.9 Å². The van der Waals surface area contributed by atoms with Gasteiger partial charge in [0.2, 0.25) is 0 Å². The topological polar surface area (TPSA) is 30.5 Å². The Bertz CT molecular complexity index is 886. The van der Waals surface area contributed by atoms with E-state index in [1.54, 1.807) is 7.11 Å². The molecule has 31 heavy (non-hydrogen) atoms. The first-order valence-electron chi connectivity index (χ1n) is 12.1. The highest BCUT2D eigenvalue weighted by molar-refractivity contribution is 5.43. The number of ether oxygens (including phenoxy) is 2. The van der Waals surface area contributed by atoms with Crippen LogP contribution in [0.1, 0.15) is 62.1 Å². The van der Waals surface area contributed by atoms with Gasteiger partial charge in [-0.2, -0.15) is 0 Å². The maximum Gasteiger partial charge on any atom is 0.161 e. The van der Waals surface area contributed by atoms with Crippen LogP contribution < -0.4 is 14.8 Å². The minimum Gasteiger partial charge on any atom is -0.493 e. The molecule has 4 saturated carbocycles. The van der Waals surface area contributed by atoms with Crippen LogP contribution in [0, 0.1) is 30.1 Å². The number of aryl methyl sites for hydroxylation is 1. The molecule has 1 N–H and O–H groups in total. The molecule has 1 unspecified atom stereocenters. The third-order valence-electron chi connectivity index (χ3n) is 8.32. The molecule has 4 aliphatic carbocycles. The lowest BCUT2D eigenvalue weighted by Gasteiger charge is -2.59. The zero-order chi connectivity index (χ0) is 21.4. The summed E-state index contributed by atoms with van der Waals surface area (Å²) >= 11 is 0. The molecule has 0 radical (unpaired) electrons. The second kappa shape index (κ2) is 8.50. The van der Waals surface area contributed by atoms with Crippen LogP contribution >= 0.6 is 0 Å². The van der Waals surface area contributed by atoms with Gasteiger partial charge in [0.1, 0.15) is 6.61 Å². The number of rotatable bonds is 8. The van der Waals surface area contributed by atoms with E-state index in [9.17, 15) is 0 Å². The van der Waals surface area contributed by atoms with Crippen molar-refractivity contribution in [3.8, 4) is 11.5 Å². The fourth-order valence-corrected chi connectivity index (χ4v) is 7.10. The Balaban J connectivity index is 1.21. The van der Waals surface area contributed by atoms with Gasteiger partial charge in [-0.05, 0) is 98.8 Å². The van der Waals surface area contributed by atoms with Crippen LogP contribution in [0.2, 0.25) is 0 Å². The molecular formula is C28H37NO2. The lowest BCUT2D eigenvalue weighted by atomic mass is 9.48. The summed E-state index contributed by atoms with van der Waals surface area (Å²) in [5.74, 6) is 4.62. The Hall–Kier alpha value is -2.00. The third-order valence-corrected chi connectivity index (χ3v) is 8.32. The summed E-state index contributed by atoms with van der Waals surface area (Å²) in [6, 6.07) is 15.4. The van der Waals surface area contributed by atoms with Crippen molar-refractivity contribution in [3.63, 3.8) is 0 Å². The van der Waals surface area contributed by atoms with Gasteiger partial charge < -0.3 is 14.8 Å². The zero-order valence-electron chi connectivity index (χ0n) is 19.3. The van der Waals surface area contributed by atoms with Crippen molar-refractivity contribution in [1.82, 2.24) is 5.32 Å². The van der Waals surface area contributed by atoms with E-state index >= 15 is 0 Å². The zero-order valence-corrected chi connectivity index (χ0v) is 19.3. The molecular weight excluding hydrogens is 382 g/mol. The lowest BCUT2D eigenvalue weighted by molar-refractivity contribution is -0.0706. The molecule has 4 bridgehead atoms. The Morgan fingerprint density at radius 1 is 0.935 bits per heavy atom. The summed E-state index contributed by atoms with van der Waals surface area (Å²) in [5, 5.41) is 3.89. The van der Waals surface area contributed by atoms with E-state index in [0.29, 0.717) is 18.1 Å². The monoisotopic (exact) mass is 419 g/mol. The van der Waals surface area contributed by atoms with Crippen LogP contribution in [0.3, 0.4) is 0 Å². The van der Waals surface area contributed by atoms with Gasteiger partial charge in [0.05, 0.1) is 7.11 Å². The minimum atomic E-state index is 0.537.